The summed E-state index contributed by atoms with van der Waals surface area (Å²) < 4.78 is 0. The molecule has 0 radical (unpaired) electrons. The third kappa shape index (κ3) is 1.31. The molecule has 1 aromatic heterocycles. The van der Waals surface area contributed by atoms with Crippen LogP contribution in [0.2, 0.25) is 5.28 Å². The van der Waals surface area contributed by atoms with Gasteiger partial charge in [0, 0.05) is 5.39 Å². The predicted octanol–water partition coefficient (Wildman–Crippen LogP) is 2.17. The van der Waals surface area contributed by atoms with Crippen molar-refractivity contribution in [1.82, 2.24) is 9.97 Å². The van der Waals surface area contributed by atoms with E-state index in [-0.39, 0.29) is 5.28 Å². The Hall–Kier alpha value is -1.35. The molecule has 3 nitrogen and oxygen atoms in total. The molecule has 13 heavy (non-hydrogen) atoms. The van der Waals surface area contributed by atoms with Gasteiger partial charge in [0.2, 0.25) is 5.28 Å². The van der Waals surface area contributed by atoms with Crippen LogP contribution in [0.15, 0.2) is 18.2 Å². The first-order valence-corrected chi connectivity index (χ1v) is 4.24. The Morgan fingerprint density at radius 2 is 2.08 bits per heavy atom. The molecule has 0 saturated heterocycles. The number of nitrogens with two attached hydrogens (primary N) is 1. The highest BCUT2D eigenvalue weighted by Crippen LogP contribution is 2.21. The quantitative estimate of drug-likeness (QED) is 0.653. The number of hydrogen-bond acceptors (Lipinski definition) is 3. The monoisotopic (exact) mass is 193 g/mol. The lowest BCUT2D eigenvalue weighted by Crippen LogP contribution is -1.95. The zero-order chi connectivity index (χ0) is 9.42. The summed E-state index contributed by atoms with van der Waals surface area (Å²) in [6.45, 7) is 1.96. The molecule has 4 heteroatoms. The molecule has 0 bridgehead atoms. The molecule has 0 saturated carbocycles. The number of benzene rings is 1. The first-order valence-electron chi connectivity index (χ1n) is 3.87. The molecule has 0 aliphatic rings. The molecule has 1 heterocycles. The Balaban J connectivity index is 2.94. The highest BCUT2D eigenvalue weighted by atomic mass is 35.5. The standard InChI is InChI=1S/C9H8ClN3/c1-5-3-2-4-6-7(5)12-9(10)13-8(6)11/h2-4H,1H3,(H2,11,12,13). The SMILES string of the molecule is Cc1cccc2c(N)nc(Cl)nc12. The molecular formula is C9H8ClN3. The number of rotatable bonds is 0. The Kier molecular flexibility index (Phi) is 1.81. The summed E-state index contributed by atoms with van der Waals surface area (Å²) in [6.07, 6.45) is 0. The van der Waals surface area contributed by atoms with Crippen molar-refractivity contribution in [3.63, 3.8) is 0 Å². The van der Waals surface area contributed by atoms with Crippen LogP contribution in [0.3, 0.4) is 0 Å². The van der Waals surface area contributed by atoms with Gasteiger partial charge in [-0.3, -0.25) is 0 Å². The van der Waals surface area contributed by atoms with E-state index in [1.165, 1.54) is 0 Å². The van der Waals surface area contributed by atoms with Gasteiger partial charge in [0.25, 0.3) is 0 Å². The maximum absolute atomic E-state index is 5.69. The van der Waals surface area contributed by atoms with Gasteiger partial charge in [0.05, 0.1) is 5.52 Å². The molecular weight excluding hydrogens is 186 g/mol. The number of nitrogen functional groups attached to an aromatic ring is 1. The Morgan fingerprint density at radius 1 is 1.31 bits per heavy atom. The van der Waals surface area contributed by atoms with Crippen LogP contribution in [0.1, 0.15) is 5.56 Å². The lowest BCUT2D eigenvalue weighted by molar-refractivity contribution is 1.22. The van der Waals surface area contributed by atoms with E-state index in [0.717, 1.165) is 16.5 Å². The number of aryl methyl sites for hydroxylation is 1. The molecule has 2 aromatic rings. The fraction of sp³-hybridized carbons (Fsp3) is 0.111. The van der Waals surface area contributed by atoms with Crippen molar-refractivity contribution in [3.05, 3.63) is 29.0 Å². The van der Waals surface area contributed by atoms with Crippen molar-refractivity contribution in [3.8, 4) is 0 Å². The summed E-state index contributed by atoms with van der Waals surface area (Å²) in [7, 11) is 0. The second-order valence-electron chi connectivity index (χ2n) is 2.85. The highest BCUT2D eigenvalue weighted by Gasteiger charge is 2.04. The van der Waals surface area contributed by atoms with Gasteiger partial charge in [-0.1, -0.05) is 12.1 Å². The fourth-order valence-electron chi connectivity index (χ4n) is 1.29. The summed E-state index contributed by atoms with van der Waals surface area (Å²) in [5.74, 6) is 0.429. The minimum atomic E-state index is 0.194. The van der Waals surface area contributed by atoms with Gasteiger partial charge in [0.1, 0.15) is 5.82 Å². The van der Waals surface area contributed by atoms with E-state index in [4.69, 9.17) is 17.3 Å². The van der Waals surface area contributed by atoms with E-state index in [2.05, 4.69) is 9.97 Å². The first kappa shape index (κ1) is 8.26. The zero-order valence-electron chi connectivity index (χ0n) is 7.08. The maximum atomic E-state index is 5.69. The van der Waals surface area contributed by atoms with Crippen LogP contribution in [-0.4, -0.2) is 9.97 Å². The molecule has 66 valence electrons. The number of nitrogens with zero attached hydrogens (tertiary/aromatic N) is 2. The van der Waals surface area contributed by atoms with Gasteiger partial charge in [-0.25, -0.2) is 9.97 Å². The van der Waals surface area contributed by atoms with Gasteiger partial charge in [-0.2, -0.15) is 0 Å². The lowest BCUT2D eigenvalue weighted by Gasteiger charge is -2.03. The van der Waals surface area contributed by atoms with Crippen LogP contribution in [0.25, 0.3) is 10.9 Å². The molecule has 0 unspecified atom stereocenters. The van der Waals surface area contributed by atoms with Crippen molar-refractivity contribution in [2.75, 3.05) is 5.73 Å². The largest absolute Gasteiger partial charge is 0.383 e. The number of aromatic nitrogens is 2. The van der Waals surface area contributed by atoms with E-state index in [1.54, 1.807) is 0 Å². The normalized spacial score (nSPS) is 10.6. The third-order valence-corrected chi connectivity index (χ3v) is 2.10. The molecule has 2 N–H and O–H groups in total. The van der Waals surface area contributed by atoms with Crippen molar-refractivity contribution in [2.45, 2.75) is 6.92 Å². The molecule has 0 fully saturated rings. The molecule has 1 aromatic carbocycles. The van der Waals surface area contributed by atoms with Crippen molar-refractivity contribution < 1.29 is 0 Å². The second kappa shape index (κ2) is 2.85. The molecule has 0 atom stereocenters. The smallest absolute Gasteiger partial charge is 0.224 e. The Bertz CT molecular complexity index is 468. The van der Waals surface area contributed by atoms with Gasteiger partial charge in [0.15, 0.2) is 0 Å². The van der Waals surface area contributed by atoms with Gasteiger partial charge < -0.3 is 5.73 Å². The Morgan fingerprint density at radius 3 is 2.85 bits per heavy atom. The topological polar surface area (TPSA) is 51.8 Å². The van der Waals surface area contributed by atoms with E-state index in [1.807, 2.05) is 25.1 Å². The van der Waals surface area contributed by atoms with Crippen molar-refractivity contribution >= 4 is 28.3 Å². The number of halogens is 1. The van der Waals surface area contributed by atoms with Crippen molar-refractivity contribution in [1.29, 1.82) is 0 Å². The third-order valence-electron chi connectivity index (χ3n) is 1.93. The van der Waals surface area contributed by atoms with Crippen LogP contribution < -0.4 is 5.73 Å². The lowest BCUT2D eigenvalue weighted by atomic mass is 10.1. The average Bonchev–Trinajstić information content (AvgIpc) is 2.07. The fourth-order valence-corrected chi connectivity index (χ4v) is 1.47. The molecule has 2 rings (SSSR count). The molecule has 0 aliphatic carbocycles. The second-order valence-corrected chi connectivity index (χ2v) is 3.19. The van der Waals surface area contributed by atoms with Crippen LogP contribution >= 0.6 is 11.6 Å². The summed E-state index contributed by atoms with van der Waals surface area (Å²) in [4.78, 5) is 7.99. The molecule has 0 amide bonds. The van der Waals surface area contributed by atoms with E-state index >= 15 is 0 Å². The van der Waals surface area contributed by atoms with Crippen LogP contribution in [0.5, 0.6) is 0 Å². The Labute approximate surface area is 80.6 Å². The predicted molar refractivity (Wildman–Crippen MR) is 53.7 cm³/mol. The van der Waals surface area contributed by atoms with Crippen LogP contribution in [0.4, 0.5) is 5.82 Å². The minimum Gasteiger partial charge on any atom is -0.383 e. The first-order chi connectivity index (χ1) is 6.18. The van der Waals surface area contributed by atoms with Crippen LogP contribution in [-0.2, 0) is 0 Å². The number of hydrogen-bond donors (Lipinski definition) is 1. The molecule has 0 spiro atoms. The number of para-hydroxylation sites is 1. The van der Waals surface area contributed by atoms with Gasteiger partial charge >= 0.3 is 0 Å². The number of fused-ring (bicyclic) bond motifs is 1. The van der Waals surface area contributed by atoms with Gasteiger partial charge in [-0.05, 0) is 30.2 Å². The maximum Gasteiger partial charge on any atom is 0.224 e. The minimum absolute atomic E-state index is 0.194. The van der Waals surface area contributed by atoms with Crippen molar-refractivity contribution in [2.24, 2.45) is 0 Å². The summed E-state index contributed by atoms with van der Waals surface area (Å²) in [5.41, 5.74) is 7.56. The van der Waals surface area contributed by atoms with Crippen LogP contribution in [0, 0.1) is 6.92 Å². The van der Waals surface area contributed by atoms with E-state index in [9.17, 15) is 0 Å². The van der Waals surface area contributed by atoms with E-state index in [0.29, 0.717) is 5.82 Å². The average molecular weight is 194 g/mol. The summed E-state index contributed by atoms with van der Waals surface area (Å²) in [5, 5.41) is 1.05. The highest BCUT2D eigenvalue weighted by molar-refractivity contribution is 6.28. The van der Waals surface area contributed by atoms with E-state index < -0.39 is 0 Å². The zero-order valence-corrected chi connectivity index (χ0v) is 7.84. The molecule has 0 aliphatic heterocycles. The summed E-state index contributed by atoms with van der Waals surface area (Å²) in [6, 6.07) is 5.77. The summed E-state index contributed by atoms with van der Waals surface area (Å²) >= 11 is 5.69. The number of anilines is 1. The van der Waals surface area contributed by atoms with Gasteiger partial charge in [-0.15, -0.1) is 0 Å².